The van der Waals surface area contributed by atoms with Crippen molar-refractivity contribution in [3.8, 4) is 5.75 Å². The minimum absolute atomic E-state index is 0.0776. The molecule has 1 amide bonds. The van der Waals surface area contributed by atoms with Gasteiger partial charge in [-0.2, -0.15) is 0 Å². The van der Waals surface area contributed by atoms with Crippen LogP contribution in [0.25, 0.3) is 5.76 Å². The number of aliphatic hydroxyl groups is 1. The normalized spacial score (nSPS) is 16.9. The molecule has 1 fully saturated rings. The van der Waals surface area contributed by atoms with E-state index in [0.717, 1.165) is 0 Å². The van der Waals surface area contributed by atoms with Gasteiger partial charge in [-0.15, -0.1) is 0 Å². The summed E-state index contributed by atoms with van der Waals surface area (Å²) in [4.78, 5) is 44.3. The second-order valence-electron chi connectivity index (χ2n) is 8.38. The van der Waals surface area contributed by atoms with Gasteiger partial charge in [-0.05, 0) is 81.4 Å². The Morgan fingerprint density at radius 3 is 2.25 bits per heavy atom. The molecule has 1 atom stereocenters. The number of nitrogens with zero attached hydrogens (tertiary/aromatic N) is 2. The average molecular weight is 487 g/mol. The number of hydrogen-bond acceptors (Lipinski definition) is 7. The number of carbonyl (C=O) groups excluding carboxylic acids is 3. The number of amides is 1. The van der Waals surface area contributed by atoms with Crippen molar-refractivity contribution in [3.63, 3.8) is 0 Å². The second kappa shape index (κ2) is 10.4. The van der Waals surface area contributed by atoms with Crippen molar-refractivity contribution >= 4 is 29.1 Å². The number of aromatic nitrogens is 1. The molecule has 1 saturated heterocycles. The van der Waals surface area contributed by atoms with Gasteiger partial charge in [0.05, 0.1) is 29.5 Å². The zero-order chi connectivity index (χ0) is 25.8. The number of carbonyl (C=O) groups is 3. The van der Waals surface area contributed by atoms with Crippen molar-refractivity contribution < 1.29 is 29.0 Å². The van der Waals surface area contributed by atoms with E-state index in [4.69, 9.17) is 9.47 Å². The van der Waals surface area contributed by atoms with Crippen molar-refractivity contribution in [2.45, 2.75) is 32.9 Å². The Kier molecular flexibility index (Phi) is 7.15. The lowest BCUT2D eigenvalue weighted by Gasteiger charge is -2.24. The number of ether oxygens (including phenoxy) is 2. The summed E-state index contributed by atoms with van der Waals surface area (Å²) in [5, 5.41) is 11.2. The number of rotatable bonds is 7. The Bertz CT molecular complexity index is 1300. The lowest BCUT2D eigenvalue weighted by Crippen LogP contribution is -2.29. The summed E-state index contributed by atoms with van der Waals surface area (Å²) in [6.07, 6.45) is 1.28. The van der Waals surface area contributed by atoms with E-state index >= 15 is 0 Å². The fourth-order valence-electron chi connectivity index (χ4n) is 3.99. The summed E-state index contributed by atoms with van der Waals surface area (Å²) in [6.45, 7) is 5.86. The predicted molar refractivity (Wildman–Crippen MR) is 134 cm³/mol. The smallest absolute Gasteiger partial charge is 0.338 e. The highest BCUT2D eigenvalue weighted by atomic mass is 16.5. The van der Waals surface area contributed by atoms with Gasteiger partial charge in [0, 0.05) is 17.4 Å². The molecule has 2 aromatic carbocycles. The molecule has 1 aliphatic heterocycles. The Hall–Kier alpha value is -4.46. The van der Waals surface area contributed by atoms with Gasteiger partial charge < -0.3 is 14.6 Å². The Morgan fingerprint density at radius 2 is 1.67 bits per heavy atom. The van der Waals surface area contributed by atoms with Gasteiger partial charge in [-0.1, -0.05) is 6.07 Å². The van der Waals surface area contributed by atoms with Crippen LogP contribution in [-0.2, 0) is 14.3 Å². The van der Waals surface area contributed by atoms with Gasteiger partial charge in [0.15, 0.2) is 0 Å². The van der Waals surface area contributed by atoms with Crippen LogP contribution in [-0.4, -0.2) is 40.5 Å². The van der Waals surface area contributed by atoms with Gasteiger partial charge >= 0.3 is 5.97 Å². The van der Waals surface area contributed by atoms with Crippen molar-refractivity contribution in [1.82, 2.24) is 4.98 Å². The molecular weight excluding hydrogens is 460 g/mol. The molecule has 0 saturated carbocycles. The molecule has 2 heterocycles. The molecule has 1 aromatic heterocycles. The predicted octanol–water partition coefficient (Wildman–Crippen LogP) is 4.67. The number of pyridine rings is 1. The molecule has 0 spiro atoms. The molecular formula is C28H26N2O6. The fourth-order valence-corrected chi connectivity index (χ4v) is 3.99. The van der Waals surface area contributed by atoms with E-state index in [1.54, 1.807) is 74.6 Å². The Balaban J connectivity index is 1.79. The third-order valence-electron chi connectivity index (χ3n) is 5.58. The minimum Gasteiger partial charge on any atom is -0.507 e. The molecule has 0 radical (unpaired) electrons. The Labute approximate surface area is 208 Å². The van der Waals surface area contributed by atoms with Crippen LogP contribution in [0.1, 0.15) is 48.4 Å². The first-order chi connectivity index (χ1) is 17.3. The first kappa shape index (κ1) is 24.7. The number of aliphatic hydroxyl groups excluding tert-OH is 1. The van der Waals surface area contributed by atoms with Crippen LogP contribution in [0.5, 0.6) is 5.75 Å². The van der Waals surface area contributed by atoms with E-state index in [1.165, 1.54) is 17.0 Å². The molecule has 1 aliphatic rings. The summed E-state index contributed by atoms with van der Waals surface area (Å²) in [5.74, 6) is -1.83. The summed E-state index contributed by atoms with van der Waals surface area (Å²) >= 11 is 0. The molecule has 8 nitrogen and oxygen atoms in total. The summed E-state index contributed by atoms with van der Waals surface area (Å²) in [5.41, 5.74) is 1.38. The van der Waals surface area contributed by atoms with Gasteiger partial charge in [0.2, 0.25) is 0 Å². The van der Waals surface area contributed by atoms with E-state index in [1.807, 2.05) is 6.92 Å². The van der Waals surface area contributed by atoms with Crippen molar-refractivity contribution in [2.24, 2.45) is 0 Å². The first-order valence-electron chi connectivity index (χ1n) is 11.6. The van der Waals surface area contributed by atoms with E-state index < -0.39 is 23.7 Å². The molecule has 1 N–H and O–H groups in total. The molecule has 3 aromatic rings. The van der Waals surface area contributed by atoms with Gasteiger partial charge in [-0.3, -0.25) is 19.5 Å². The summed E-state index contributed by atoms with van der Waals surface area (Å²) < 4.78 is 10.7. The van der Waals surface area contributed by atoms with Gasteiger partial charge in [-0.25, -0.2) is 4.79 Å². The highest BCUT2D eigenvalue weighted by Gasteiger charge is 2.47. The van der Waals surface area contributed by atoms with Crippen LogP contribution in [0.15, 0.2) is 78.5 Å². The maximum atomic E-state index is 13.2. The van der Waals surface area contributed by atoms with Gasteiger partial charge in [0.1, 0.15) is 17.6 Å². The lowest BCUT2D eigenvalue weighted by molar-refractivity contribution is -0.132. The molecule has 184 valence electrons. The van der Waals surface area contributed by atoms with E-state index in [2.05, 4.69) is 4.98 Å². The highest BCUT2D eigenvalue weighted by Crippen LogP contribution is 2.41. The topological polar surface area (TPSA) is 106 Å². The van der Waals surface area contributed by atoms with E-state index in [9.17, 15) is 19.5 Å². The number of Topliss-reactive ketones (excluding diaryl/α,β-unsaturated/α-hetero) is 1. The molecule has 36 heavy (non-hydrogen) atoms. The SMILES string of the molecule is CCOc1ccc(/C(O)=C2\C(=O)C(=O)N(c3ccc(C(=O)OC(C)C)cc3)C2c2ccccn2)cc1. The second-order valence-corrected chi connectivity index (χ2v) is 8.38. The van der Waals surface area contributed by atoms with Crippen LogP contribution in [0.2, 0.25) is 0 Å². The number of anilines is 1. The van der Waals surface area contributed by atoms with Crippen LogP contribution < -0.4 is 9.64 Å². The summed E-state index contributed by atoms with van der Waals surface area (Å²) in [7, 11) is 0. The molecule has 8 heteroatoms. The fraction of sp³-hybridized carbons (Fsp3) is 0.214. The first-order valence-corrected chi connectivity index (χ1v) is 11.6. The summed E-state index contributed by atoms with van der Waals surface area (Å²) in [6, 6.07) is 17.0. The largest absolute Gasteiger partial charge is 0.507 e. The van der Waals surface area contributed by atoms with Crippen LogP contribution in [0.4, 0.5) is 5.69 Å². The monoisotopic (exact) mass is 486 g/mol. The number of benzene rings is 2. The molecule has 1 unspecified atom stereocenters. The molecule has 0 bridgehead atoms. The third kappa shape index (κ3) is 4.84. The van der Waals surface area contributed by atoms with E-state index in [-0.39, 0.29) is 17.4 Å². The third-order valence-corrected chi connectivity index (χ3v) is 5.58. The molecule has 0 aliphatic carbocycles. The number of esters is 1. The lowest BCUT2D eigenvalue weighted by atomic mass is 9.98. The van der Waals surface area contributed by atoms with Gasteiger partial charge in [0.25, 0.3) is 11.7 Å². The zero-order valence-electron chi connectivity index (χ0n) is 20.2. The van der Waals surface area contributed by atoms with E-state index in [0.29, 0.717) is 34.9 Å². The number of ketones is 1. The molecule has 4 rings (SSSR count). The minimum atomic E-state index is -0.966. The van der Waals surface area contributed by atoms with Crippen LogP contribution in [0, 0.1) is 0 Å². The van der Waals surface area contributed by atoms with Crippen molar-refractivity contribution in [1.29, 1.82) is 0 Å². The van der Waals surface area contributed by atoms with Crippen LogP contribution >= 0.6 is 0 Å². The maximum absolute atomic E-state index is 13.2. The maximum Gasteiger partial charge on any atom is 0.338 e. The van der Waals surface area contributed by atoms with Crippen molar-refractivity contribution in [2.75, 3.05) is 11.5 Å². The average Bonchev–Trinajstić information content (AvgIpc) is 3.15. The van der Waals surface area contributed by atoms with Crippen LogP contribution in [0.3, 0.4) is 0 Å². The standard InChI is InChI=1S/C28H26N2O6/c1-4-35-21-14-10-18(11-15-21)25(31)23-24(22-7-5-6-16-29-22)30(27(33)26(23)32)20-12-8-19(9-13-20)28(34)36-17(2)3/h5-17,24,31H,4H2,1-3H3/b25-23+. The Morgan fingerprint density at radius 1 is 1.00 bits per heavy atom. The zero-order valence-corrected chi connectivity index (χ0v) is 20.2. The quantitative estimate of drug-likeness (QED) is 0.224. The van der Waals surface area contributed by atoms with Crippen molar-refractivity contribution in [3.05, 3.63) is 95.3 Å². The number of hydrogen-bond donors (Lipinski definition) is 1. The highest BCUT2D eigenvalue weighted by molar-refractivity contribution is 6.51.